The van der Waals surface area contributed by atoms with Crippen LogP contribution in [0.3, 0.4) is 0 Å². The molecule has 0 radical (unpaired) electrons. The van der Waals surface area contributed by atoms with Gasteiger partial charge in [0.25, 0.3) is 0 Å². The molecule has 2 aromatic rings. The fourth-order valence-corrected chi connectivity index (χ4v) is 1.99. The van der Waals surface area contributed by atoms with Gasteiger partial charge in [0.05, 0.1) is 0 Å². The second-order valence-corrected chi connectivity index (χ2v) is 5.12. The molecule has 0 aliphatic carbocycles. The van der Waals surface area contributed by atoms with Gasteiger partial charge in [-0.3, -0.25) is 9.59 Å². The van der Waals surface area contributed by atoms with Gasteiger partial charge in [0.2, 0.25) is 11.8 Å². The van der Waals surface area contributed by atoms with Crippen molar-refractivity contribution < 1.29 is 14.0 Å². The van der Waals surface area contributed by atoms with Crippen LogP contribution < -0.4 is 16.0 Å². The lowest BCUT2D eigenvalue weighted by Crippen LogP contribution is -2.31. The Morgan fingerprint density at radius 1 is 0.957 bits per heavy atom. The molecule has 0 unspecified atom stereocenters. The minimum Gasteiger partial charge on any atom is -0.374 e. The molecule has 0 saturated heterocycles. The van der Waals surface area contributed by atoms with Crippen LogP contribution in [0.1, 0.15) is 13.8 Å². The van der Waals surface area contributed by atoms with E-state index >= 15 is 0 Å². The molecule has 1 atom stereocenters. The topological polar surface area (TPSA) is 70.2 Å². The highest BCUT2D eigenvalue weighted by atomic mass is 19.1. The average Bonchev–Trinajstić information content (AvgIpc) is 2.49. The van der Waals surface area contributed by atoms with Crippen LogP contribution in [0, 0.1) is 5.82 Å². The minimum atomic E-state index is -0.507. The van der Waals surface area contributed by atoms with Gasteiger partial charge in [-0.05, 0) is 49.4 Å². The van der Waals surface area contributed by atoms with Crippen LogP contribution in [-0.4, -0.2) is 17.9 Å². The molecule has 0 aliphatic heterocycles. The van der Waals surface area contributed by atoms with Crippen LogP contribution in [0.15, 0.2) is 48.5 Å². The number of anilines is 3. The molecule has 0 heterocycles. The summed E-state index contributed by atoms with van der Waals surface area (Å²) in [6.07, 6.45) is 0. The molecular formula is C17H18FN3O2. The van der Waals surface area contributed by atoms with E-state index in [2.05, 4.69) is 16.0 Å². The largest absolute Gasteiger partial charge is 0.374 e. The van der Waals surface area contributed by atoms with Gasteiger partial charge in [0, 0.05) is 24.0 Å². The van der Waals surface area contributed by atoms with Crippen molar-refractivity contribution in [1.29, 1.82) is 0 Å². The summed E-state index contributed by atoms with van der Waals surface area (Å²) >= 11 is 0. The van der Waals surface area contributed by atoms with E-state index in [0.717, 1.165) is 0 Å². The number of benzene rings is 2. The van der Waals surface area contributed by atoms with E-state index < -0.39 is 6.04 Å². The lowest BCUT2D eigenvalue weighted by atomic mass is 10.2. The minimum absolute atomic E-state index is 0.163. The number of hydrogen-bond donors (Lipinski definition) is 3. The van der Waals surface area contributed by atoms with E-state index in [-0.39, 0.29) is 17.6 Å². The third kappa shape index (κ3) is 5.10. The van der Waals surface area contributed by atoms with Gasteiger partial charge in [-0.1, -0.05) is 6.07 Å². The summed E-state index contributed by atoms with van der Waals surface area (Å²) in [5, 5.41) is 8.43. The van der Waals surface area contributed by atoms with Crippen LogP contribution in [0.4, 0.5) is 21.5 Å². The Labute approximate surface area is 133 Å². The second kappa shape index (κ2) is 7.40. The van der Waals surface area contributed by atoms with Crippen LogP contribution in [-0.2, 0) is 9.59 Å². The first-order chi connectivity index (χ1) is 10.9. The molecule has 5 nitrogen and oxygen atoms in total. The Morgan fingerprint density at radius 2 is 1.61 bits per heavy atom. The molecule has 2 amide bonds. The zero-order valence-corrected chi connectivity index (χ0v) is 12.9. The van der Waals surface area contributed by atoms with E-state index in [1.54, 1.807) is 31.2 Å². The first-order valence-corrected chi connectivity index (χ1v) is 7.14. The van der Waals surface area contributed by atoms with Gasteiger partial charge in [-0.15, -0.1) is 0 Å². The van der Waals surface area contributed by atoms with E-state index in [9.17, 15) is 14.0 Å². The third-order valence-corrected chi connectivity index (χ3v) is 3.07. The lowest BCUT2D eigenvalue weighted by Gasteiger charge is -2.16. The maximum atomic E-state index is 12.8. The first kappa shape index (κ1) is 16.5. The van der Waals surface area contributed by atoms with E-state index in [0.29, 0.717) is 17.1 Å². The van der Waals surface area contributed by atoms with Crippen molar-refractivity contribution in [2.45, 2.75) is 19.9 Å². The van der Waals surface area contributed by atoms with Crippen molar-refractivity contribution in [2.24, 2.45) is 0 Å². The number of rotatable bonds is 5. The van der Waals surface area contributed by atoms with Crippen molar-refractivity contribution in [1.82, 2.24) is 0 Å². The smallest absolute Gasteiger partial charge is 0.246 e. The monoisotopic (exact) mass is 315 g/mol. The van der Waals surface area contributed by atoms with Crippen molar-refractivity contribution >= 4 is 28.9 Å². The second-order valence-electron chi connectivity index (χ2n) is 5.12. The molecule has 6 heteroatoms. The molecule has 0 aromatic heterocycles. The summed E-state index contributed by atoms with van der Waals surface area (Å²) in [7, 11) is 0. The third-order valence-electron chi connectivity index (χ3n) is 3.07. The number of carbonyl (C=O) groups excluding carboxylic acids is 2. The Bertz CT molecular complexity index is 701. The highest BCUT2D eigenvalue weighted by molar-refractivity contribution is 5.96. The van der Waals surface area contributed by atoms with Gasteiger partial charge >= 0.3 is 0 Å². The Balaban J connectivity index is 1.97. The molecular weight excluding hydrogens is 297 g/mol. The Morgan fingerprint density at radius 3 is 2.26 bits per heavy atom. The number of amides is 2. The van der Waals surface area contributed by atoms with Crippen LogP contribution in [0.25, 0.3) is 0 Å². The first-order valence-electron chi connectivity index (χ1n) is 7.14. The van der Waals surface area contributed by atoms with E-state index in [1.807, 2.05) is 0 Å². The van der Waals surface area contributed by atoms with Gasteiger partial charge in [-0.2, -0.15) is 0 Å². The highest BCUT2D eigenvalue weighted by Gasteiger charge is 2.13. The maximum absolute atomic E-state index is 12.8. The van der Waals surface area contributed by atoms with Crippen LogP contribution in [0.2, 0.25) is 0 Å². The summed E-state index contributed by atoms with van der Waals surface area (Å²) in [6, 6.07) is 12.1. The van der Waals surface area contributed by atoms with Crippen molar-refractivity contribution in [3.05, 3.63) is 54.3 Å². The normalized spacial score (nSPS) is 11.4. The van der Waals surface area contributed by atoms with Crippen molar-refractivity contribution in [3.63, 3.8) is 0 Å². The number of halogens is 1. The quantitative estimate of drug-likeness (QED) is 0.793. The SMILES string of the molecule is CC(=O)Nc1cccc(N[C@H](C)C(=O)Nc2ccc(F)cc2)c1. The number of nitrogens with one attached hydrogen (secondary N) is 3. The van der Waals surface area contributed by atoms with Gasteiger partial charge in [0.1, 0.15) is 11.9 Å². The highest BCUT2D eigenvalue weighted by Crippen LogP contribution is 2.16. The molecule has 120 valence electrons. The average molecular weight is 315 g/mol. The van der Waals surface area contributed by atoms with Gasteiger partial charge in [-0.25, -0.2) is 4.39 Å². The van der Waals surface area contributed by atoms with E-state index in [1.165, 1.54) is 31.2 Å². The van der Waals surface area contributed by atoms with Crippen molar-refractivity contribution in [2.75, 3.05) is 16.0 Å². The molecule has 23 heavy (non-hydrogen) atoms. The molecule has 3 N–H and O–H groups in total. The molecule has 0 fully saturated rings. The summed E-state index contributed by atoms with van der Waals surface area (Å²) in [6.45, 7) is 3.14. The Hall–Kier alpha value is -2.89. The van der Waals surface area contributed by atoms with Gasteiger partial charge in [0.15, 0.2) is 0 Å². The summed E-state index contributed by atoms with van der Waals surface area (Å²) in [4.78, 5) is 23.2. The predicted molar refractivity (Wildman–Crippen MR) is 88.9 cm³/mol. The van der Waals surface area contributed by atoms with E-state index in [4.69, 9.17) is 0 Å². The zero-order chi connectivity index (χ0) is 16.8. The van der Waals surface area contributed by atoms with Crippen LogP contribution in [0.5, 0.6) is 0 Å². The maximum Gasteiger partial charge on any atom is 0.246 e. The summed E-state index contributed by atoms with van der Waals surface area (Å²) in [5.41, 5.74) is 1.88. The summed E-state index contributed by atoms with van der Waals surface area (Å²) in [5.74, 6) is -0.769. The zero-order valence-electron chi connectivity index (χ0n) is 12.9. The molecule has 2 rings (SSSR count). The van der Waals surface area contributed by atoms with Crippen LogP contribution >= 0.6 is 0 Å². The molecule has 0 aliphatic rings. The fraction of sp³-hybridized carbons (Fsp3) is 0.176. The number of carbonyl (C=O) groups is 2. The van der Waals surface area contributed by atoms with Crippen molar-refractivity contribution in [3.8, 4) is 0 Å². The molecule has 0 bridgehead atoms. The molecule has 0 spiro atoms. The predicted octanol–water partition coefficient (Wildman–Crippen LogP) is 3.22. The lowest BCUT2D eigenvalue weighted by molar-refractivity contribution is -0.116. The number of hydrogen-bond acceptors (Lipinski definition) is 3. The Kier molecular flexibility index (Phi) is 5.30. The summed E-state index contributed by atoms with van der Waals surface area (Å²) < 4.78 is 12.8. The standard InChI is InChI=1S/C17H18FN3O2/c1-11(17(23)21-14-8-6-13(18)7-9-14)19-15-4-3-5-16(10-15)20-12(2)22/h3-11,19H,1-2H3,(H,20,22)(H,21,23)/t11-/m1/s1. The molecule has 0 saturated carbocycles. The fourth-order valence-electron chi connectivity index (χ4n) is 1.99. The van der Waals surface area contributed by atoms with Gasteiger partial charge < -0.3 is 16.0 Å². The molecule has 2 aromatic carbocycles.